The van der Waals surface area contributed by atoms with E-state index < -0.39 is 0 Å². The summed E-state index contributed by atoms with van der Waals surface area (Å²) in [5, 5.41) is 0. The molecule has 1 aromatic rings. The number of aromatic amines is 1. The summed E-state index contributed by atoms with van der Waals surface area (Å²) < 4.78 is 0. The van der Waals surface area contributed by atoms with Crippen LogP contribution in [0.15, 0.2) is 12.5 Å². The zero-order valence-corrected chi connectivity index (χ0v) is 7.68. The van der Waals surface area contributed by atoms with Gasteiger partial charge in [-0.1, -0.05) is 27.7 Å². The molecule has 0 saturated heterocycles. The molecule has 11 heavy (non-hydrogen) atoms. The van der Waals surface area contributed by atoms with E-state index in [1.165, 1.54) is 5.69 Å². The number of nitrogens with zero attached hydrogens (tertiary/aromatic N) is 1. The number of nitrogens with one attached hydrogen (secondary N) is 1. The fourth-order valence-corrected chi connectivity index (χ4v) is 0.970. The van der Waals surface area contributed by atoms with Gasteiger partial charge in [0.05, 0.1) is 6.33 Å². The molecule has 0 spiro atoms. The number of imidazole rings is 1. The Morgan fingerprint density at radius 2 is 2.09 bits per heavy atom. The number of hydrogen-bond acceptors (Lipinski definition) is 1. The van der Waals surface area contributed by atoms with Crippen molar-refractivity contribution in [1.29, 1.82) is 0 Å². The molecule has 0 aromatic carbocycles. The first kappa shape index (κ1) is 8.31. The van der Waals surface area contributed by atoms with Gasteiger partial charge in [0.15, 0.2) is 0 Å². The van der Waals surface area contributed by atoms with Crippen LogP contribution in [0.5, 0.6) is 0 Å². The van der Waals surface area contributed by atoms with Crippen molar-refractivity contribution in [1.82, 2.24) is 9.97 Å². The number of rotatable bonds is 1. The smallest absolute Gasteiger partial charge is 0.0921 e. The average molecular weight is 152 g/mol. The van der Waals surface area contributed by atoms with Gasteiger partial charge in [-0.15, -0.1) is 0 Å². The maximum Gasteiger partial charge on any atom is 0.0921 e. The minimum atomic E-state index is 0.312. The maximum absolute atomic E-state index is 4.00. The highest BCUT2D eigenvalue weighted by atomic mass is 14.9. The highest BCUT2D eigenvalue weighted by Gasteiger charge is 2.22. The fraction of sp³-hybridized carbons (Fsp3) is 0.667. The van der Waals surface area contributed by atoms with E-state index in [1.54, 1.807) is 6.33 Å². The van der Waals surface area contributed by atoms with Gasteiger partial charge in [-0.3, -0.25) is 0 Å². The van der Waals surface area contributed by atoms with Crippen LogP contribution in [0, 0.1) is 5.41 Å². The third kappa shape index (κ3) is 1.82. The molecule has 0 saturated carbocycles. The standard InChI is InChI=1S/C9H16N2/c1-7(9(2,3)4)8-5-10-6-11-8/h5-7H,1-4H3,(H,10,11)/t7-/m0/s1. The van der Waals surface area contributed by atoms with Gasteiger partial charge in [0.2, 0.25) is 0 Å². The Labute approximate surface area is 68.0 Å². The van der Waals surface area contributed by atoms with Gasteiger partial charge in [0, 0.05) is 17.8 Å². The molecule has 1 aromatic heterocycles. The molecule has 0 unspecified atom stereocenters. The average Bonchev–Trinajstić information content (AvgIpc) is 2.34. The van der Waals surface area contributed by atoms with Crippen molar-refractivity contribution in [2.24, 2.45) is 5.41 Å². The van der Waals surface area contributed by atoms with Crippen molar-refractivity contribution in [2.45, 2.75) is 33.6 Å². The van der Waals surface area contributed by atoms with Crippen LogP contribution < -0.4 is 0 Å². The van der Waals surface area contributed by atoms with Crippen LogP contribution in [0.3, 0.4) is 0 Å². The van der Waals surface area contributed by atoms with Gasteiger partial charge >= 0.3 is 0 Å². The third-order valence-electron chi connectivity index (χ3n) is 2.28. The lowest BCUT2D eigenvalue weighted by molar-refractivity contribution is 0.335. The first-order chi connectivity index (χ1) is 5.02. The van der Waals surface area contributed by atoms with Crippen molar-refractivity contribution < 1.29 is 0 Å². The van der Waals surface area contributed by atoms with Crippen molar-refractivity contribution in [3.05, 3.63) is 18.2 Å². The molecule has 0 radical (unpaired) electrons. The van der Waals surface area contributed by atoms with Crippen molar-refractivity contribution in [2.75, 3.05) is 0 Å². The highest BCUT2D eigenvalue weighted by Crippen LogP contribution is 2.32. The summed E-state index contributed by atoms with van der Waals surface area (Å²) in [7, 11) is 0. The number of hydrogen-bond donors (Lipinski definition) is 1. The zero-order chi connectivity index (χ0) is 8.48. The molecule has 2 heteroatoms. The zero-order valence-electron chi connectivity index (χ0n) is 7.68. The van der Waals surface area contributed by atoms with Crippen LogP contribution in [-0.2, 0) is 0 Å². The Morgan fingerprint density at radius 1 is 1.45 bits per heavy atom. The molecule has 0 fully saturated rings. The minimum Gasteiger partial charge on any atom is -0.348 e. The summed E-state index contributed by atoms with van der Waals surface area (Å²) in [5.74, 6) is 0.532. The third-order valence-corrected chi connectivity index (χ3v) is 2.28. The summed E-state index contributed by atoms with van der Waals surface area (Å²) in [6.07, 6.45) is 3.63. The van der Waals surface area contributed by atoms with Crippen LogP contribution >= 0.6 is 0 Å². The lowest BCUT2D eigenvalue weighted by Crippen LogP contribution is -2.15. The predicted octanol–water partition coefficient (Wildman–Crippen LogP) is 2.56. The largest absolute Gasteiger partial charge is 0.348 e. The topological polar surface area (TPSA) is 28.7 Å². The molecule has 1 heterocycles. The molecule has 1 atom stereocenters. The van der Waals surface area contributed by atoms with Crippen LogP contribution in [-0.4, -0.2) is 9.97 Å². The van der Waals surface area contributed by atoms with Gasteiger partial charge in [-0.05, 0) is 5.41 Å². The van der Waals surface area contributed by atoms with E-state index in [0.717, 1.165) is 0 Å². The molecular formula is C9H16N2. The van der Waals surface area contributed by atoms with Crippen LogP contribution in [0.1, 0.15) is 39.3 Å². The van der Waals surface area contributed by atoms with E-state index in [1.807, 2.05) is 6.20 Å². The second-order valence-electron chi connectivity index (χ2n) is 4.09. The molecule has 1 rings (SSSR count). The van der Waals surface area contributed by atoms with E-state index in [-0.39, 0.29) is 0 Å². The van der Waals surface area contributed by atoms with Gasteiger partial charge in [-0.25, -0.2) is 4.98 Å². The first-order valence-corrected chi connectivity index (χ1v) is 4.00. The summed E-state index contributed by atoms with van der Waals surface area (Å²) in [6.45, 7) is 8.92. The SMILES string of the molecule is C[C@@H](c1cnc[nH]1)C(C)(C)C. The summed E-state index contributed by atoms with van der Waals surface area (Å²) in [5.41, 5.74) is 1.53. The molecule has 0 amide bonds. The number of aromatic nitrogens is 2. The molecule has 0 aliphatic carbocycles. The molecule has 0 aliphatic rings. The lowest BCUT2D eigenvalue weighted by Gasteiger charge is -2.25. The van der Waals surface area contributed by atoms with E-state index in [0.29, 0.717) is 11.3 Å². The van der Waals surface area contributed by atoms with E-state index in [9.17, 15) is 0 Å². The highest BCUT2D eigenvalue weighted by molar-refractivity contribution is 5.05. The second kappa shape index (κ2) is 2.68. The monoisotopic (exact) mass is 152 g/mol. The van der Waals surface area contributed by atoms with Crippen molar-refractivity contribution >= 4 is 0 Å². The maximum atomic E-state index is 4.00. The Bertz CT molecular complexity index is 206. The minimum absolute atomic E-state index is 0.312. The Hall–Kier alpha value is -0.790. The van der Waals surface area contributed by atoms with Crippen LogP contribution in [0.4, 0.5) is 0 Å². The van der Waals surface area contributed by atoms with Crippen molar-refractivity contribution in [3.63, 3.8) is 0 Å². The Morgan fingerprint density at radius 3 is 2.45 bits per heavy atom. The molecule has 2 nitrogen and oxygen atoms in total. The second-order valence-corrected chi connectivity index (χ2v) is 4.09. The van der Waals surface area contributed by atoms with E-state index in [4.69, 9.17) is 0 Å². The van der Waals surface area contributed by atoms with Gasteiger partial charge in [-0.2, -0.15) is 0 Å². The predicted molar refractivity (Wildman–Crippen MR) is 46.5 cm³/mol. The van der Waals surface area contributed by atoms with E-state index >= 15 is 0 Å². The van der Waals surface area contributed by atoms with Gasteiger partial charge in [0.25, 0.3) is 0 Å². The van der Waals surface area contributed by atoms with Gasteiger partial charge in [0.1, 0.15) is 0 Å². The van der Waals surface area contributed by atoms with E-state index in [2.05, 4.69) is 37.7 Å². The molecule has 1 N–H and O–H groups in total. The molecule has 0 bridgehead atoms. The van der Waals surface area contributed by atoms with Crippen LogP contribution in [0.25, 0.3) is 0 Å². The summed E-state index contributed by atoms with van der Waals surface area (Å²) in [4.78, 5) is 7.13. The van der Waals surface area contributed by atoms with Gasteiger partial charge < -0.3 is 4.98 Å². The lowest BCUT2D eigenvalue weighted by atomic mass is 9.80. The molecular weight excluding hydrogens is 136 g/mol. The Balaban J connectivity index is 2.78. The Kier molecular flexibility index (Phi) is 2.03. The van der Waals surface area contributed by atoms with Crippen LogP contribution in [0.2, 0.25) is 0 Å². The quantitative estimate of drug-likeness (QED) is 0.658. The number of H-pyrrole nitrogens is 1. The summed E-state index contributed by atoms with van der Waals surface area (Å²) in [6, 6.07) is 0. The molecule has 0 aliphatic heterocycles. The summed E-state index contributed by atoms with van der Waals surface area (Å²) >= 11 is 0. The van der Waals surface area contributed by atoms with Crippen molar-refractivity contribution in [3.8, 4) is 0 Å². The molecule has 62 valence electrons. The first-order valence-electron chi connectivity index (χ1n) is 4.00. The fourth-order valence-electron chi connectivity index (χ4n) is 0.970. The normalized spacial score (nSPS) is 14.9.